The van der Waals surface area contributed by atoms with Gasteiger partial charge < -0.3 is 4.74 Å². The third-order valence-electron chi connectivity index (χ3n) is 4.72. The zero-order chi connectivity index (χ0) is 19.1. The minimum absolute atomic E-state index is 0.430. The van der Waals surface area contributed by atoms with E-state index in [1.165, 1.54) is 16.7 Å². The van der Waals surface area contributed by atoms with E-state index >= 15 is 0 Å². The van der Waals surface area contributed by atoms with E-state index in [1.54, 1.807) is 6.07 Å². The zero-order valence-corrected chi connectivity index (χ0v) is 17.5. The Morgan fingerprint density at radius 2 is 1.88 bits per heavy atom. The van der Waals surface area contributed by atoms with Gasteiger partial charge in [-0.2, -0.15) is 0 Å². The summed E-state index contributed by atoms with van der Waals surface area (Å²) in [5, 5.41) is 1.26. The Labute approximate surface area is 168 Å². The molecule has 140 valence electrons. The number of halogens is 2. The van der Waals surface area contributed by atoms with Gasteiger partial charge in [-0.05, 0) is 67.5 Å². The molecule has 0 saturated heterocycles. The van der Waals surface area contributed by atoms with Crippen LogP contribution in [0.4, 0.5) is 0 Å². The monoisotopic (exact) mass is 390 g/mol. The lowest BCUT2D eigenvalue weighted by molar-refractivity contribution is 0.306. The van der Waals surface area contributed by atoms with Gasteiger partial charge in [0.05, 0.1) is 0 Å². The molecular formula is C23H28Cl2O. The summed E-state index contributed by atoms with van der Waals surface area (Å²) in [6.45, 7) is 11.3. The highest BCUT2D eigenvalue weighted by atomic mass is 35.5. The Bertz CT molecular complexity index is 752. The average Bonchev–Trinajstić information content (AvgIpc) is 2.59. The zero-order valence-electron chi connectivity index (χ0n) is 15.9. The first-order valence-electron chi connectivity index (χ1n) is 9.28. The lowest BCUT2D eigenvalue weighted by Crippen LogP contribution is -2.03. The quantitative estimate of drug-likeness (QED) is 0.392. The van der Waals surface area contributed by atoms with Gasteiger partial charge in [0.2, 0.25) is 0 Å². The lowest BCUT2D eigenvalue weighted by Gasteiger charge is -2.20. The largest absolute Gasteiger partial charge is 0.489 e. The molecule has 1 nitrogen and oxygen atoms in total. The SMILES string of the molecule is C=C(CCC)CC(CC)c1ccc(OCc2ccc(Cl)cc2Cl)cc1C. The van der Waals surface area contributed by atoms with Crippen LogP contribution < -0.4 is 4.74 Å². The topological polar surface area (TPSA) is 9.23 Å². The molecule has 0 N–H and O–H groups in total. The van der Waals surface area contributed by atoms with Gasteiger partial charge in [0.1, 0.15) is 12.4 Å². The molecule has 2 aromatic rings. The van der Waals surface area contributed by atoms with E-state index in [0.717, 1.165) is 37.0 Å². The van der Waals surface area contributed by atoms with Crippen LogP contribution in [0.5, 0.6) is 5.75 Å². The van der Waals surface area contributed by atoms with Gasteiger partial charge in [-0.25, -0.2) is 0 Å². The van der Waals surface area contributed by atoms with Crippen molar-refractivity contribution in [2.45, 2.75) is 59.0 Å². The fourth-order valence-corrected chi connectivity index (χ4v) is 3.74. The molecule has 0 aliphatic carbocycles. The molecule has 2 rings (SSSR count). The Kier molecular flexibility index (Phi) is 8.06. The maximum atomic E-state index is 6.21. The highest BCUT2D eigenvalue weighted by Gasteiger charge is 2.14. The van der Waals surface area contributed by atoms with Crippen molar-refractivity contribution in [3.8, 4) is 5.75 Å². The fourth-order valence-electron chi connectivity index (χ4n) is 3.27. The number of ether oxygens (including phenoxy) is 1. The summed E-state index contributed by atoms with van der Waals surface area (Å²) in [6, 6.07) is 11.8. The molecule has 0 fully saturated rings. The first kappa shape index (κ1) is 20.9. The molecule has 0 amide bonds. The predicted molar refractivity (Wildman–Crippen MR) is 114 cm³/mol. The summed E-state index contributed by atoms with van der Waals surface area (Å²) >= 11 is 12.2. The predicted octanol–water partition coefficient (Wildman–Crippen LogP) is 8.12. The Morgan fingerprint density at radius 1 is 1.12 bits per heavy atom. The van der Waals surface area contributed by atoms with Crippen LogP contribution in [0, 0.1) is 6.92 Å². The molecular weight excluding hydrogens is 363 g/mol. The highest BCUT2D eigenvalue weighted by molar-refractivity contribution is 6.35. The first-order chi connectivity index (χ1) is 12.4. The maximum absolute atomic E-state index is 6.21. The van der Waals surface area contributed by atoms with Crippen LogP contribution >= 0.6 is 23.2 Å². The number of hydrogen-bond acceptors (Lipinski definition) is 1. The molecule has 0 aliphatic rings. The molecule has 1 atom stereocenters. The van der Waals surface area contributed by atoms with Gasteiger partial charge in [0.25, 0.3) is 0 Å². The van der Waals surface area contributed by atoms with E-state index in [9.17, 15) is 0 Å². The van der Waals surface area contributed by atoms with Crippen molar-refractivity contribution < 1.29 is 4.74 Å². The summed E-state index contributed by atoms with van der Waals surface area (Å²) in [4.78, 5) is 0. The van der Waals surface area contributed by atoms with E-state index in [1.807, 2.05) is 12.1 Å². The van der Waals surface area contributed by atoms with E-state index in [2.05, 4.69) is 45.5 Å². The van der Waals surface area contributed by atoms with Crippen LogP contribution in [-0.2, 0) is 6.61 Å². The second kappa shape index (κ2) is 10.0. The van der Waals surface area contributed by atoms with Crippen molar-refractivity contribution in [1.82, 2.24) is 0 Å². The van der Waals surface area contributed by atoms with Crippen LogP contribution in [-0.4, -0.2) is 0 Å². The van der Waals surface area contributed by atoms with Crippen molar-refractivity contribution in [3.05, 3.63) is 75.3 Å². The third kappa shape index (κ3) is 5.79. The molecule has 2 aromatic carbocycles. The summed E-state index contributed by atoms with van der Waals surface area (Å²) in [7, 11) is 0. The lowest BCUT2D eigenvalue weighted by atomic mass is 9.86. The number of allylic oxidation sites excluding steroid dienone is 1. The Balaban J connectivity index is 2.06. The number of benzene rings is 2. The van der Waals surface area contributed by atoms with Crippen LogP contribution in [0.1, 0.15) is 62.1 Å². The molecule has 0 aromatic heterocycles. The highest BCUT2D eigenvalue weighted by Crippen LogP contribution is 2.32. The van der Waals surface area contributed by atoms with E-state index < -0.39 is 0 Å². The maximum Gasteiger partial charge on any atom is 0.120 e. The van der Waals surface area contributed by atoms with E-state index in [-0.39, 0.29) is 0 Å². The van der Waals surface area contributed by atoms with Crippen molar-refractivity contribution in [1.29, 1.82) is 0 Å². The third-order valence-corrected chi connectivity index (χ3v) is 5.31. The molecule has 0 spiro atoms. The molecule has 0 radical (unpaired) electrons. The minimum Gasteiger partial charge on any atom is -0.489 e. The van der Waals surface area contributed by atoms with Gasteiger partial charge >= 0.3 is 0 Å². The van der Waals surface area contributed by atoms with Crippen molar-refractivity contribution in [3.63, 3.8) is 0 Å². The number of rotatable bonds is 9. The fraction of sp³-hybridized carbons (Fsp3) is 0.391. The average molecular weight is 391 g/mol. The second-order valence-corrected chi connectivity index (χ2v) is 7.70. The summed E-state index contributed by atoms with van der Waals surface area (Å²) < 4.78 is 5.94. The Morgan fingerprint density at radius 3 is 2.50 bits per heavy atom. The second-order valence-electron chi connectivity index (χ2n) is 6.85. The van der Waals surface area contributed by atoms with Crippen molar-refractivity contribution in [2.24, 2.45) is 0 Å². The number of hydrogen-bond donors (Lipinski definition) is 0. The van der Waals surface area contributed by atoms with Gasteiger partial charge in [-0.3, -0.25) is 0 Å². The smallest absolute Gasteiger partial charge is 0.120 e. The minimum atomic E-state index is 0.430. The molecule has 0 bridgehead atoms. The van der Waals surface area contributed by atoms with Crippen LogP contribution in [0.3, 0.4) is 0 Å². The summed E-state index contributed by atoms with van der Waals surface area (Å²) in [5.74, 6) is 1.38. The van der Waals surface area contributed by atoms with Crippen LogP contribution in [0.2, 0.25) is 10.0 Å². The molecule has 0 aliphatic heterocycles. The summed E-state index contributed by atoms with van der Waals surface area (Å²) in [5.41, 5.74) is 4.93. The van der Waals surface area contributed by atoms with Gasteiger partial charge in [0.15, 0.2) is 0 Å². The summed E-state index contributed by atoms with van der Waals surface area (Å²) in [6.07, 6.45) is 4.45. The van der Waals surface area contributed by atoms with Gasteiger partial charge in [-0.15, -0.1) is 0 Å². The molecule has 1 unspecified atom stereocenters. The Hall–Kier alpha value is -1.44. The van der Waals surface area contributed by atoms with Gasteiger partial charge in [-0.1, -0.05) is 67.8 Å². The standard InChI is InChI=1S/C23H28Cl2O/c1-5-7-16(3)12-18(6-2)22-11-10-21(13-17(22)4)26-15-19-8-9-20(24)14-23(19)25/h8-11,13-14,18H,3,5-7,12,15H2,1-2,4H3. The van der Waals surface area contributed by atoms with Gasteiger partial charge in [0, 0.05) is 15.6 Å². The van der Waals surface area contributed by atoms with Crippen LogP contribution in [0.25, 0.3) is 0 Å². The number of aryl methyl sites for hydroxylation is 1. The molecule has 3 heteroatoms. The van der Waals surface area contributed by atoms with Crippen molar-refractivity contribution in [2.75, 3.05) is 0 Å². The van der Waals surface area contributed by atoms with E-state index in [0.29, 0.717) is 22.6 Å². The normalized spacial score (nSPS) is 12.0. The van der Waals surface area contributed by atoms with Crippen LogP contribution in [0.15, 0.2) is 48.6 Å². The molecule has 26 heavy (non-hydrogen) atoms. The van der Waals surface area contributed by atoms with E-state index in [4.69, 9.17) is 27.9 Å². The first-order valence-corrected chi connectivity index (χ1v) is 10.0. The van der Waals surface area contributed by atoms with Crippen molar-refractivity contribution >= 4 is 23.2 Å². The molecule has 0 saturated carbocycles. The molecule has 0 heterocycles.